The molecule has 5 heteroatoms. The summed E-state index contributed by atoms with van der Waals surface area (Å²) in [5.41, 5.74) is 0. The van der Waals surface area contributed by atoms with Crippen molar-refractivity contribution >= 4 is 20.5 Å². The average molecular weight is 141 g/mol. The second kappa shape index (κ2) is 1.91. The molecule has 1 unspecified atom stereocenters. The minimum atomic E-state index is -4.29. The minimum Gasteiger partial charge on any atom is -0.195 e. The van der Waals surface area contributed by atoms with Gasteiger partial charge in [0.15, 0.2) is 0 Å². The Labute approximate surface area is 45.4 Å². The summed E-state index contributed by atoms with van der Waals surface area (Å²) in [7, 11) is -4.04. The molecule has 0 aromatic heterocycles. The highest BCUT2D eigenvalue weighted by molar-refractivity contribution is 7.88. The van der Waals surface area contributed by atoms with E-state index in [0.717, 1.165) is 0 Å². The summed E-state index contributed by atoms with van der Waals surface area (Å²) in [6.45, 7) is 3.01. The van der Waals surface area contributed by atoms with Crippen molar-refractivity contribution in [1.29, 1.82) is 0 Å². The van der Waals surface area contributed by atoms with Gasteiger partial charge in [-0.05, 0) is 6.92 Å². The average Bonchev–Trinajstić information content (AvgIpc) is 1.31. The molecule has 0 rings (SSSR count). The zero-order valence-electron chi connectivity index (χ0n) is 3.89. The molecule has 0 aliphatic carbocycles. The second-order valence-corrected chi connectivity index (χ2v) is 5.27. The zero-order valence-corrected chi connectivity index (χ0v) is 6.70. The smallest absolute Gasteiger partial charge is 0.195 e. The van der Waals surface area contributed by atoms with Crippen LogP contribution in [0.4, 0.5) is 3.89 Å². The van der Waals surface area contributed by atoms with Gasteiger partial charge in [0.2, 0.25) is 0 Å². The van der Waals surface area contributed by atoms with Crippen molar-refractivity contribution in [1.82, 2.24) is 0 Å². The van der Waals surface area contributed by atoms with Crippen LogP contribution in [0.15, 0.2) is 0 Å². The van der Waals surface area contributed by atoms with Gasteiger partial charge in [0.1, 0.15) is 0 Å². The number of hydrogen-bond donors (Lipinski definition) is 0. The summed E-state index contributed by atoms with van der Waals surface area (Å²) < 4.78 is 30.7. The molecule has 0 saturated carbocycles. The summed E-state index contributed by atoms with van der Waals surface area (Å²) in [5, 5.41) is 0. The molecule has 0 bridgehead atoms. The van der Waals surface area contributed by atoms with Crippen molar-refractivity contribution in [2.24, 2.45) is 0 Å². The summed E-state index contributed by atoms with van der Waals surface area (Å²) in [5.74, 6) is 0. The van der Waals surface area contributed by atoms with Gasteiger partial charge in [-0.3, -0.25) is 0 Å². The first-order chi connectivity index (χ1) is 2.94. The van der Waals surface area contributed by atoms with E-state index in [9.17, 15) is 12.3 Å². The van der Waals surface area contributed by atoms with Gasteiger partial charge in [-0.2, -0.15) is 8.42 Å². The molecule has 0 aromatic carbocycles. The Hall–Kier alpha value is 0.0969. The predicted molar refractivity (Wildman–Crippen MR) is 29.1 cm³/mol. The fourth-order valence-corrected chi connectivity index (χ4v) is 0. The molecule has 1 radical (unpaired) electrons. The minimum absolute atomic E-state index is 0.254. The van der Waals surface area contributed by atoms with Gasteiger partial charge in [-0.15, -0.1) is 3.89 Å². The van der Waals surface area contributed by atoms with Gasteiger partial charge in [0.25, 0.3) is 0 Å². The maximum absolute atomic E-state index is 11.5. The first kappa shape index (κ1) is 7.10. The monoisotopic (exact) mass is 141 g/mol. The Kier molecular flexibility index (Phi) is 1.94. The van der Waals surface area contributed by atoms with E-state index in [1.54, 1.807) is 0 Å². The van der Waals surface area contributed by atoms with Gasteiger partial charge in [0.05, 0.1) is 4.87 Å². The molecule has 0 amide bonds. The SMILES string of the molecule is [CH2]C([SiH3])S(=O)(=O)F. The van der Waals surface area contributed by atoms with Crippen LogP contribution in [-0.2, 0) is 10.2 Å². The Morgan fingerprint density at radius 3 is 1.86 bits per heavy atom. The first-order valence-electron chi connectivity index (χ1n) is 1.71. The van der Waals surface area contributed by atoms with E-state index in [4.69, 9.17) is 0 Å². The molecule has 0 aromatic rings. The van der Waals surface area contributed by atoms with Crippen LogP contribution >= 0.6 is 0 Å². The lowest BCUT2D eigenvalue weighted by atomic mass is 11.0. The van der Waals surface area contributed by atoms with E-state index in [2.05, 4.69) is 6.92 Å². The van der Waals surface area contributed by atoms with E-state index in [1.807, 2.05) is 0 Å². The standard InChI is InChI=1S/C2H6FO2SSi/c1-2(7)6(3,4)5/h2H,1H2,7H3. The van der Waals surface area contributed by atoms with E-state index in [0.29, 0.717) is 0 Å². The van der Waals surface area contributed by atoms with Crippen LogP contribution in [0.1, 0.15) is 0 Å². The molecule has 0 saturated heterocycles. The number of rotatable bonds is 1. The Morgan fingerprint density at radius 1 is 1.71 bits per heavy atom. The third-order valence-corrected chi connectivity index (χ3v) is 3.13. The van der Waals surface area contributed by atoms with E-state index < -0.39 is 15.1 Å². The molecule has 0 aliphatic rings. The largest absolute Gasteiger partial charge is 0.301 e. The Balaban J connectivity index is 4.10. The molecule has 7 heavy (non-hydrogen) atoms. The quantitative estimate of drug-likeness (QED) is 0.340. The molecule has 0 N–H and O–H groups in total. The van der Waals surface area contributed by atoms with Crippen molar-refractivity contribution in [3.05, 3.63) is 6.92 Å². The molecule has 0 aliphatic heterocycles. The van der Waals surface area contributed by atoms with E-state index in [-0.39, 0.29) is 10.2 Å². The highest BCUT2D eigenvalue weighted by Gasteiger charge is 2.11. The first-order valence-corrected chi connectivity index (χ1v) is 4.31. The fraction of sp³-hybridized carbons (Fsp3) is 0.500. The van der Waals surface area contributed by atoms with Gasteiger partial charge >= 0.3 is 10.2 Å². The van der Waals surface area contributed by atoms with Crippen molar-refractivity contribution in [3.8, 4) is 0 Å². The second-order valence-electron chi connectivity index (χ2n) is 1.29. The molecule has 0 fully saturated rings. The zero-order chi connectivity index (χ0) is 6.08. The Morgan fingerprint density at radius 2 is 1.86 bits per heavy atom. The van der Waals surface area contributed by atoms with E-state index >= 15 is 0 Å². The predicted octanol–water partition coefficient (Wildman–Crippen LogP) is -1.19. The lowest BCUT2D eigenvalue weighted by Crippen LogP contribution is -2.11. The normalized spacial score (nSPS) is 16.9. The molecule has 0 heterocycles. The lowest BCUT2D eigenvalue weighted by molar-refractivity contribution is 0.552. The van der Waals surface area contributed by atoms with Gasteiger partial charge in [-0.25, -0.2) is 0 Å². The molecule has 0 spiro atoms. The van der Waals surface area contributed by atoms with Crippen LogP contribution in [0.5, 0.6) is 0 Å². The highest BCUT2D eigenvalue weighted by atomic mass is 32.3. The molecular formula is C2H6FO2SSi. The molecule has 2 nitrogen and oxygen atoms in total. The van der Waals surface area contributed by atoms with Crippen LogP contribution in [0.25, 0.3) is 0 Å². The van der Waals surface area contributed by atoms with Gasteiger partial charge in [0, 0.05) is 10.2 Å². The van der Waals surface area contributed by atoms with Crippen molar-refractivity contribution in [2.45, 2.75) is 4.87 Å². The van der Waals surface area contributed by atoms with Crippen LogP contribution in [-0.4, -0.2) is 23.5 Å². The van der Waals surface area contributed by atoms with Crippen molar-refractivity contribution < 1.29 is 12.3 Å². The third-order valence-electron chi connectivity index (χ3n) is 0.481. The topological polar surface area (TPSA) is 34.1 Å². The van der Waals surface area contributed by atoms with Crippen molar-refractivity contribution in [2.75, 3.05) is 0 Å². The van der Waals surface area contributed by atoms with Crippen molar-refractivity contribution in [3.63, 3.8) is 0 Å². The third kappa shape index (κ3) is 2.75. The maximum atomic E-state index is 11.5. The lowest BCUT2D eigenvalue weighted by Gasteiger charge is -1.91. The fourth-order valence-electron chi connectivity index (χ4n) is 0. The van der Waals surface area contributed by atoms with Crippen LogP contribution < -0.4 is 0 Å². The van der Waals surface area contributed by atoms with Crippen LogP contribution in [0.3, 0.4) is 0 Å². The molecular weight excluding hydrogens is 135 g/mol. The number of hydrogen-bond acceptors (Lipinski definition) is 2. The highest BCUT2D eigenvalue weighted by Crippen LogP contribution is 1.94. The van der Waals surface area contributed by atoms with Crippen LogP contribution in [0.2, 0.25) is 0 Å². The summed E-state index contributed by atoms with van der Waals surface area (Å²) >= 11 is 0. The molecule has 1 atom stereocenters. The number of halogens is 1. The molecule has 43 valence electrons. The Bertz CT molecular complexity index is 138. The van der Waals surface area contributed by atoms with Gasteiger partial charge in [-0.1, -0.05) is 0 Å². The maximum Gasteiger partial charge on any atom is 0.301 e. The summed E-state index contributed by atoms with van der Waals surface area (Å²) in [6, 6.07) is 0. The summed E-state index contributed by atoms with van der Waals surface area (Å²) in [4.78, 5) is -1.01. The van der Waals surface area contributed by atoms with Gasteiger partial charge < -0.3 is 0 Å². The summed E-state index contributed by atoms with van der Waals surface area (Å²) in [6.07, 6.45) is 0. The van der Waals surface area contributed by atoms with E-state index in [1.165, 1.54) is 0 Å². The van der Waals surface area contributed by atoms with Crippen LogP contribution in [0, 0.1) is 6.92 Å².